The van der Waals surface area contributed by atoms with Crippen molar-refractivity contribution in [1.29, 1.82) is 0 Å². The fraction of sp³-hybridized carbons (Fsp3) is 0.714. The lowest BCUT2D eigenvalue weighted by molar-refractivity contribution is 0.974. The van der Waals surface area contributed by atoms with Crippen LogP contribution in [0.3, 0.4) is 0 Å². The van der Waals surface area contributed by atoms with Crippen molar-refractivity contribution in [2.24, 2.45) is 0 Å². The molecule has 1 aromatic heterocycles. The number of aromatic nitrogens is 2. The summed E-state index contributed by atoms with van der Waals surface area (Å²) in [6, 6.07) is 1.27. The van der Waals surface area contributed by atoms with E-state index < -0.39 is 8.07 Å². The summed E-state index contributed by atoms with van der Waals surface area (Å²) in [4.78, 5) is 0. The van der Waals surface area contributed by atoms with Gasteiger partial charge in [0.1, 0.15) is 5.01 Å². The Kier molecular flexibility index (Phi) is 2.84. The minimum atomic E-state index is -0.933. The lowest BCUT2D eigenvalue weighted by atomic mass is 10.5. The third-order valence-electron chi connectivity index (χ3n) is 1.57. The largest absolute Gasteiger partial charge is 0.374 e. The second-order valence-corrected chi connectivity index (χ2v) is 10.8. The van der Waals surface area contributed by atoms with Crippen molar-refractivity contribution in [3.63, 3.8) is 0 Å². The Hall–Kier alpha value is -0.423. The van der Waals surface area contributed by atoms with Crippen LogP contribution >= 0.6 is 11.3 Å². The van der Waals surface area contributed by atoms with Gasteiger partial charge in [-0.3, -0.25) is 0 Å². The molecular weight excluding hydrogens is 186 g/mol. The third kappa shape index (κ3) is 3.32. The van der Waals surface area contributed by atoms with Crippen LogP contribution in [-0.2, 0) is 6.42 Å². The van der Waals surface area contributed by atoms with E-state index in [9.17, 15) is 0 Å². The Morgan fingerprint density at radius 3 is 2.42 bits per heavy atom. The standard InChI is InChI=1S/C7H15N3SSi/c1-12(2,3)5-4-6-9-10-7(8)11-6/h4-5H2,1-3H3,(H2,8,10). The van der Waals surface area contributed by atoms with Crippen LogP contribution in [0.25, 0.3) is 0 Å². The quantitative estimate of drug-likeness (QED) is 0.761. The molecular formula is C7H15N3SSi. The molecule has 0 aliphatic rings. The maximum absolute atomic E-state index is 5.47. The second-order valence-electron chi connectivity index (χ2n) is 4.09. The number of nitrogens with two attached hydrogens (primary N) is 1. The zero-order chi connectivity index (χ0) is 9.19. The summed E-state index contributed by atoms with van der Waals surface area (Å²) in [7, 11) is -0.933. The van der Waals surface area contributed by atoms with Crippen LogP contribution < -0.4 is 5.73 Å². The van der Waals surface area contributed by atoms with Gasteiger partial charge in [-0.2, -0.15) is 0 Å². The van der Waals surface area contributed by atoms with Gasteiger partial charge in [0.2, 0.25) is 5.13 Å². The number of anilines is 1. The van der Waals surface area contributed by atoms with Crippen molar-refractivity contribution in [3.05, 3.63) is 5.01 Å². The van der Waals surface area contributed by atoms with Crippen LogP contribution in [0, 0.1) is 0 Å². The van der Waals surface area contributed by atoms with E-state index in [-0.39, 0.29) is 0 Å². The van der Waals surface area contributed by atoms with E-state index in [2.05, 4.69) is 29.8 Å². The fourth-order valence-corrected chi connectivity index (χ4v) is 2.63. The zero-order valence-electron chi connectivity index (χ0n) is 7.79. The molecule has 1 heterocycles. The molecule has 0 aliphatic carbocycles. The van der Waals surface area contributed by atoms with E-state index in [0.717, 1.165) is 11.4 Å². The van der Waals surface area contributed by atoms with Crippen LogP contribution in [0.4, 0.5) is 5.13 Å². The van der Waals surface area contributed by atoms with Crippen molar-refractivity contribution in [1.82, 2.24) is 10.2 Å². The summed E-state index contributed by atoms with van der Waals surface area (Å²) in [6.45, 7) is 7.08. The van der Waals surface area contributed by atoms with Gasteiger partial charge in [0, 0.05) is 8.07 Å². The molecule has 68 valence electrons. The normalized spacial score (nSPS) is 11.9. The third-order valence-corrected chi connectivity index (χ3v) is 4.13. The van der Waals surface area contributed by atoms with E-state index in [1.807, 2.05) is 0 Å². The predicted octanol–water partition coefficient (Wildman–Crippen LogP) is 2.00. The Morgan fingerprint density at radius 1 is 1.33 bits per heavy atom. The van der Waals surface area contributed by atoms with Crippen LogP contribution in [0.5, 0.6) is 0 Å². The summed E-state index contributed by atoms with van der Waals surface area (Å²) in [6.07, 6.45) is 1.05. The van der Waals surface area contributed by atoms with Gasteiger partial charge < -0.3 is 5.73 Å². The Morgan fingerprint density at radius 2 is 2.00 bits per heavy atom. The lowest BCUT2D eigenvalue weighted by Gasteiger charge is -2.13. The van der Waals surface area contributed by atoms with Crippen molar-refractivity contribution in [2.45, 2.75) is 32.1 Å². The summed E-state index contributed by atoms with van der Waals surface area (Å²) in [5, 5.41) is 9.43. The highest BCUT2D eigenvalue weighted by Gasteiger charge is 2.13. The van der Waals surface area contributed by atoms with Crippen molar-refractivity contribution < 1.29 is 0 Å². The summed E-state index contributed by atoms with van der Waals surface area (Å²) in [5.74, 6) is 0. The fourth-order valence-electron chi connectivity index (χ4n) is 0.850. The van der Waals surface area contributed by atoms with E-state index in [1.54, 1.807) is 0 Å². The Labute approximate surface area is 78.0 Å². The maximum atomic E-state index is 5.47. The van der Waals surface area contributed by atoms with E-state index in [4.69, 9.17) is 5.73 Å². The van der Waals surface area contributed by atoms with Gasteiger partial charge in [-0.15, -0.1) is 10.2 Å². The number of hydrogen-bond donors (Lipinski definition) is 1. The van der Waals surface area contributed by atoms with Crippen molar-refractivity contribution >= 4 is 24.5 Å². The molecule has 0 saturated heterocycles. The number of nitrogen functional groups attached to an aromatic ring is 1. The molecule has 0 unspecified atom stereocenters. The minimum absolute atomic E-state index is 0.584. The molecule has 2 N–H and O–H groups in total. The topological polar surface area (TPSA) is 51.8 Å². The lowest BCUT2D eigenvalue weighted by Crippen LogP contribution is -2.19. The minimum Gasteiger partial charge on any atom is -0.374 e. The summed E-state index contributed by atoms with van der Waals surface area (Å²) < 4.78 is 0. The predicted molar refractivity (Wildman–Crippen MR) is 56.2 cm³/mol. The molecule has 1 aromatic rings. The molecule has 0 spiro atoms. The number of hydrogen-bond acceptors (Lipinski definition) is 4. The van der Waals surface area contributed by atoms with Gasteiger partial charge >= 0.3 is 0 Å². The van der Waals surface area contributed by atoms with Gasteiger partial charge in [-0.05, 0) is 6.42 Å². The summed E-state index contributed by atoms with van der Waals surface area (Å²) >= 11 is 1.51. The first kappa shape index (κ1) is 9.66. The molecule has 0 aromatic carbocycles. The average molecular weight is 201 g/mol. The average Bonchev–Trinajstić information content (AvgIpc) is 2.30. The van der Waals surface area contributed by atoms with Gasteiger partial charge in [0.15, 0.2) is 0 Å². The van der Waals surface area contributed by atoms with Crippen molar-refractivity contribution in [3.8, 4) is 0 Å². The molecule has 0 radical (unpaired) electrons. The van der Waals surface area contributed by atoms with Gasteiger partial charge in [0.25, 0.3) is 0 Å². The first-order valence-corrected chi connectivity index (χ1v) is 8.57. The van der Waals surface area contributed by atoms with Crippen LogP contribution in [0.2, 0.25) is 25.7 Å². The van der Waals surface area contributed by atoms with E-state index in [0.29, 0.717) is 5.13 Å². The molecule has 5 heteroatoms. The number of rotatable bonds is 3. The van der Waals surface area contributed by atoms with E-state index in [1.165, 1.54) is 17.4 Å². The molecule has 0 fully saturated rings. The Bertz CT molecular complexity index is 253. The smallest absolute Gasteiger partial charge is 0.203 e. The SMILES string of the molecule is C[Si](C)(C)CCc1nnc(N)s1. The second kappa shape index (κ2) is 3.53. The highest BCUT2D eigenvalue weighted by atomic mass is 32.1. The van der Waals surface area contributed by atoms with Crippen molar-refractivity contribution in [2.75, 3.05) is 5.73 Å². The molecule has 0 aliphatic heterocycles. The first-order valence-electron chi connectivity index (χ1n) is 4.05. The first-order chi connectivity index (χ1) is 5.47. The molecule has 3 nitrogen and oxygen atoms in total. The number of aryl methyl sites for hydroxylation is 1. The molecule has 0 amide bonds. The number of nitrogens with zero attached hydrogens (tertiary/aromatic N) is 2. The van der Waals surface area contributed by atoms with Crippen LogP contribution in [0.15, 0.2) is 0 Å². The van der Waals surface area contributed by atoms with Gasteiger partial charge in [-0.1, -0.05) is 37.0 Å². The van der Waals surface area contributed by atoms with E-state index >= 15 is 0 Å². The molecule has 1 rings (SSSR count). The van der Waals surface area contributed by atoms with Crippen LogP contribution in [-0.4, -0.2) is 18.3 Å². The monoisotopic (exact) mass is 201 g/mol. The zero-order valence-corrected chi connectivity index (χ0v) is 9.61. The molecule has 0 atom stereocenters. The summed E-state index contributed by atoms with van der Waals surface area (Å²) in [5.41, 5.74) is 5.47. The Balaban J connectivity index is 2.44. The molecule has 12 heavy (non-hydrogen) atoms. The van der Waals surface area contributed by atoms with Gasteiger partial charge in [0.05, 0.1) is 0 Å². The highest BCUT2D eigenvalue weighted by molar-refractivity contribution is 7.15. The van der Waals surface area contributed by atoms with Crippen LogP contribution in [0.1, 0.15) is 5.01 Å². The molecule has 0 saturated carbocycles. The maximum Gasteiger partial charge on any atom is 0.203 e. The molecule has 0 bridgehead atoms. The highest BCUT2D eigenvalue weighted by Crippen LogP contribution is 2.17. The van der Waals surface area contributed by atoms with Gasteiger partial charge in [-0.25, -0.2) is 0 Å².